The number of piperidine rings is 1. The molecule has 2 rings (SSSR count). The van der Waals surface area contributed by atoms with Gasteiger partial charge in [0, 0.05) is 12.6 Å². The number of nitrogens with two attached hydrogens (primary N) is 1. The van der Waals surface area contributed by atoms with Crippen LogP contribution in [0.4, 0.5) is 0 Å². The first kappa shape index (κ1) is 13.2. The van der Waals surface area contributed by atoms with E-state index in [2.05, 4.69) is 9.80 Å². The molecule has 3 nitrogen and oxygen atoms in total. The molecule has 2 heterocycles. The van der Waals surface area contributed by atoms with Gasteiger partial charge in [-0.1, -0.05) is 18.6 Å². The maximum atomic E-state index is 5.53. The van der Waals surface area contributed by atoms with Crippen molar-refractivity contribution < 1.29 is 0 Å². The molecule has 2 saturated heterocycles. The third-order valence-corrected chi connectivity index (χ3v) is 4.26. The number of thiocarbonyl (C=S) groups is 1. The quantitative estimate of drug-likeness (QED) is 0.757. The summed E-state index contributed by atoms with van der Waals surface area (Å²) in [5, 5.41) is 0. The van der Waals surface area contributed by atoms with E-state index in [0.717, 1.165) is 18.9 Å². The van der Waals surface area contributed by atoms with Crippen molar-refractivity contribution in [1.82, 2.24) is 9.80 Å². The molecule has 98 valence electrons. The monoisotopic (exact) mass is 255 g/mol. The van der Waals surface area contributed by atoms with Crippen LogP contribution in [-0.2, 0) is 0 Å². The van der Waals surface area contributed by atoms with Gasteiger partial charge in [-0.15, -0.1) is 0 Å². The minimum Gasteiger partial charge on any atom is -0.393 e. The van der Waals surface area contributed by atoms with Crippen LogP contribution in [0.3, 0.4) is 0 Å². The summed E-state index contributed by atoms with van der Waals surface area (Å²) in [6.45, 7) is 6.34. The lowest BCUT2D eigenvalue weighted by Gasteiger charge is -2.32. The lowest BCUT2D eigenvalue weighted by Crippen LogP contribution is -2.41. The molecule has 4 heteroatoms. The number of hydrogen-bond donors (Lipinski definition) is 1. The zero-order valence-electron chi connectivity index (χ0n) is 10.7. The molecule has 2 aliphatic rings. The molecule has 0 radical (unpaired) electrons. The van der Waals surface area contributed by atoms with Gasteiger partial charge in [-0.05, 0) is 58.3 Å². The zero-order valence-corrected chi connectivity index (χ0v) is 11.6. The first-order chi connectivity index (χ1) is 8.25. The van der Waals surface area contributed by atoms with Crippen LogP contribution in [0.5, 0.6) is 0 Å². The number of rotatable bonds is 5. The summed E-state index contributed by atoms with van der Waals surface area (Å²) in [6, 6.07) is 0.820. The van der Waals surface area contributed by atoms with Crippen molar-refractivity contribution in [2.45, 2.75) is 44.6 Å². The van der Waals surface area contributed by atoms with Crippen molar-refractivity contribution in [3.05, 3.63) is 0 Å². The number of nitrogens with zero attached hydrogens (tertiary/aromatic N) is 2. The van der Waals surface area contributed by atoms with E-state index in [-0.39, 0.29) is 0 Å². The predicted octanol–water partition coefficient (Wildman–Crippen LogP) is 1.61. The van der Waals surface area contributed by atoms with E-state index >= 15 is 0 Å². The maximum Gasteiger partial charge on any atom is 0.0727 e. The predicted molar refractivity (Wildman–Crippen MR) is 76.3 cm³/mol. The lowest BCUT2D eigenvalue weighted by molar-refractivity contribution is 0.162. The van der Waals surface area contributed by atoms with Gasteiger partial charge in [0.2, 0.25) is 0 Å². The maximum absolute atomic E-state index is 5.53. The van der Waals surface area contributed by atoms with Crippen LogP contribution in [0.15, 0.2) is 0 Å². The van der Waals surface area contributed by atoms with Crippen molar-refractivity contribution in [3.63, 3.8) is 0 Å². The Morgan fingerprint density at radius 3 is 2.65 bits per heavy atom. The normalized spacial score (nSPS) is 27.4. The molecule has 0 aliphatic carbocycles. The molecule has 0 saturated carbocycles. The summed E-state index contributed by atoms with van der Waals surface area (Å²) in [7, 11) is 0. The molecule has 0 bridgehead atoms. The number of hydrogen-bond acceptors (Lipinski definition) is 3. The average molecular weight is 255 g/mol. The molecule has 17 heavy (non-hydrogen) atoms. The highest BCUT2D eigenvalue weighted by Gasteiger charge is 2.27. The largest absolute Gasteiger partial charge is 0.393 e. The Bertz CT molecular complexity index is 251. The van der Waals surface area contributed by atoms with Crippen LogP contribution in [-0.4, -0.2) is 53.6 Å². The van der Waals surface area contributed by atoms with Crippen molar-refractivity contribution in [2.75, 3.05) is 32.7 Å². The second-order valence-corrected chi connectivity index (χ2v) is 5.93. The zero-order chi connectivity index (χ0) is 12.1. The van der Waals surface area contributed by atoms with E-state index in [1.165, 1.54) is 58.4 Å². The topological polar surface area (TPSA) is 32.5 Å². The molecular formula is C13H25N3S. The molecular weight excluding hydrogens is 230 g/mol. The summed E-state index contributed by atoms with van der Waals surface area (Å²) >= 11 is 4.91. The third kappa shape index (κ3) is 4.19. The average Bonchev–Trinajstić information content (AvgIpc) is 2.78. The van der Waals surface area contributed by atoms with Crippen LogP contribution in [0.1, 0.15) is 38.5 Å². The van der Waals surface area contributed by atoms with Crippen molar-refractivity contribution in [2.24, 2.45) is 5.73 Å². The van der Waals surface area contributed by atoms with E-state index in [0.29, 0.717) is 4.99 Å². The van der Waals surface area contributed by atoms with Crippen LogP contribution in [0.2, 0.25) is 0 Å². The lowest BCUT2D eigenvalue weighted by atomic mass is 10.1. The fourth-order valence-electron chi connectivity index (χ4n) is 3.07. The third-order valence-electron chi connectivity index (χ3n) is 4.05. The van der Waals surface area contributed by atoms with E-state index < -0.39 is 0 Å². The van der Waals surface area contributed by atoms with Crippen LogP contribution >= 0.6 is 12.2 Å². The van der Waals surface area contributed by atoms with Gasteiger partial charge in [0.15, 0.2) is 0 Å². The molecule has 0 aromatic carbocycles. The van der Waals surface area contributed by atoms with Gasteiger partial charge >= 0.3 is 0 Å². The number of likely N-dealkylation sites (tertiary alicyclic amines) is 2. The fraction of sp³-hybridized carbons (Fsp3) is 0.923. The fourth-order valence-corrected chi connectivity index (χ4v) is 3.22. The Balaban J connectivity index is 1.66. The first-order valence-corrected chi connectivity index (χ1v) is 7.41. The van der Waals surface area contributed by atoms with E-state index in [1.807, 2.05) is 0 Å². The highest BCUT2D eigenvalue weighted by molar-refractivity contribution is 7.80. The minimum atomic E-state index is 0.664. The minimum absolute atomic E-state index is 0.664. The van der Waals surface area contributed by atoms with E-state index in [9.17, 15) is 0 Å². The second kappa shape index (κ2) is 6.66. The molecule has 2 N–H and O–H groups in total. The van der Waals surface area contributed by atoms with Gasteiger partial charge in [-0.2, -0.15) is 0 Å². The molecule has 0 amide bonds. The summed E-state index contributed by atoms with van der Waals surface area (Å²) < 4.78 is 0. The van der Waals surface area contributed by atoms with Crippen molar-refractivity contribution in [1.29, 1.82) is 0 Å². The Hall–Kier alpha value is -0.190. The Kier molecular flexibility index (Phi) is 5.19. The Morgan fingerprint density at radius 1 is 1.18 bits per heavy atom. The van der Waals surface area contributed by atoms with Crippen LogP contribution in [0.25, 0.3) is 0 Å². The molecule has 0 spiro atoms. The first-order valence-electron chi connectivity index (χ1n) is 7.00. The van der Waals surface area contributed by atoms with E-state index in [1.54, 1.807) is 0 Å². The highest BCUT2D eigenvalue weighted by Crippen LogP contribution is 2.20. The Labute approximate surface area is 110 Å². The summed E-state index contributed by atoms with van der Waals surface area (Å²) in [6.07, 6.45) is 7.62. The molecule has 0 aromatic rings. The van der Waals surface area contributed by atoms with Crippen molar-refractivity contribution >= 4 is 17.2 Å². The van der Waals surface area contributed by atoms with E-state index in [4.69, 9.17) is 18.0 Å². The molecule has 2 fully saturated rings. The Morgan fingerprint density at radius 2 is 1.94 bits per heavy atom. The van der Waals surface area contributed by atoms with Gasteiger partial charge in [0.25, 0.3) is 0 Å². The van der Waals surface area contributed by atoms with Gasteiger partial charge in [0.1, 0.15) is 0 Å². The smallest absolute Gasteiger partial charge is 0.0727 e. The second-order valence-electron chi connectivity index (χ2n) is 5.41. The van der Waals surface area contributed by atoms with Crippen LogP contribution in [0, 0.1) is 0 Å². The SMILES string of the molecule is NC(=S)CCCN1CCC(N2CCCCC2)C1. The highest BCUT2D eigenvalue weighted by atomic mass is 32.1. The van der Waals surface area contributed by atoms with Gasteiger partial charge in [0.05, 0.1) is 4.99 Å². The molecule has 1 unspecified atom stereocenters. The standard InChI is InChI=1S/C13H25N3S/c14-13(17)5-4-7-15-10-6-12(11-15)16-8-2-1-3-9-16/h12H,1-11H2,(H2,14,17). The van der Waals surface area contributed by atoms with Gasteiger partial charge in [-0.25, -0.2) is 0 Å². The molecule has 1 atom stereocenters. The van der Waals surface area contributed by atoms with Crippen LogP contribution < -0.4 is 5.73 Å². The van der Waals surface area contributed by atoms with Gasteiger partial charge < -0.3 is 10.6 Å². The summed E-state index contributed by atoms with van der Waals surface area (Å²) in [5.74, 6) is 0. The summed E-state index contributed by atoms with van der Waals surface area (Å²) in [5.41, 5.74) is 5.53. The van der Waals surface area contributed by atoms with Crippen molar-refractivity contribution in [3.8, 4) is 0 Å². The molecule has 0 aromatic heterocycles. The molecule has 2 aliphatic heterocycles. The van der Waals surface area contributed by atoms with Gasteiger partial charge in [-0.3, -0.25) is 4.90 Å². The summed E-state index contributed by atoms with van der Waals surface area (Å²) in [4.78, 5) is 5.95.